The summed E-state index contributed by atoms with van der Waals surface area (Å²) in [7, 11) is -2.14. The number of hydrogen-bond donors (Lipinski definition) is 1. The molecule has 8 heteroatoms. The van der Waals surface area contributed by atoms with Gasteiger partial charge in [-0.25, -0.2) is 8.42 Å². The molecule has 0 bridgehead atoms. The minimum absolute atomic E-state index is 0.0130. The van der Waals surface area contributed by atoms with Crippen LogP contribution < -0.4 is 4.72 Å². The summed E-state index contributed by atoms with van der Waals surface area (Å²) in [4.78, 5) is 15.5. The Labute approximate surface area is 173 Å². The number of sulfonamides is 1. The highest BCUT2D eigenvalue weighted by Gasteiger charge is 2.19. The fraction of sp³-hybridized carbons (Fsp3) is 0.150. The number of halogens is 1. The van der Waals surface area contributed by atoms with Crippen LogP contribution in [0.2, 0.25) is 5.02 Å². The number of rotatable bonds is 6. The van der Waals surface area contributed by atoms with Gasteiger partial charge in [-0.05, 0) is 60.3 Å². The predicted octanol–water partition coefficient (Wildman–Crippen LogP) is 4.78. The standard InChI is InChI=1S/C20H19ClN2O3S2/c1-14-9-10-27-19(14)13-23(2)20(24)15-5-3-8-18(11-15)28(25,26)22-17-7-4-6-16(21)12-17/h3-12,22H,13H2,1-2H3. The summed E-state index contributed by atoms with van der Waals surface area (Å²) in [6.07, 6.45) is 0. The smallest absolute Gasteiger partial charge is 0.261 e. The number of thiophene rings is 1. The van der Waals surface area contributed by atoms with Crippen molar-refractivity contribution in [2.75, 3.05) is 11.8 Å². The van der Waals surface area contributed by atoms with E-state index in [1.807, 2.05) is 18.4 Å². The van der Waals surface area contributed by atoms with Crippen LogP contribution in [0.3, 0.4) is 0 Å². The Bertz CT molecular complexity index is 1110. The summed E-state index contributed by atoms with van der Waals surface area (Å²) < 4.78 is 27.8. The maximum atomic E-state index is 12.8. The van der Waals surface area contributed by atoms with Crippen molar-refractivity contribution in [2.45, 2.75) is 18.4 Å². The number of hydrogen-bond acceptors (Lipinski definition) is 4. The van der Waals surface area contributed by atoms with Gasteiger partial charge < -0.3 is 4.90 Å². The van der Waals surface area contributed by atoms with Crippen LogP contribution >= 0.6 is 22.9 Å². The molecule has 3 rings (SSSR count). The molecule has 28 heavy (non-hydrogen) atoms. The van der Waals surface area contributed by atoms with Crippen LogP contribution in [0.4, 0.5) is 5.69 Å². The second kappa shape index (κ2) is 8.34. The predicted molar refractivity (Wildman–Crippen MR) is 114 cm³/mol. The van der Waals surface area contributed by atoms with Crippen LogP contribution in [0.5, 0.6) is 0 Å². The zero-order chi connectivity index (χ0) is 20.3. The second-order valence-corrected chi connectivity index (χ2v) is 9.45. The van der Waals surface area contributed by atoms with Crippen molar-refractivity contribution in [1.82, 2.24) is 4.90 Å². The van der Waals surface area contributed by atoms with E-state index in [-0.39, 0.29) is 10.8 Å². The number of carbonyl (C=O) groups excluding carboxylic acids is 1. The first-order valence-electron chi connectivity index (χ1n) is 8.43. The molecule has 0 radical (unpaired) electrons. The van der Waals surface area contributed by atoms with E-state index in [4.69, 9.17) is 11.6 Å². The molecule has 0 fully saturated rings. The van der Waals surface area contributed by atoms with Gasteiger partial charge in [-0.15, -0.1) is 11.3 Å². The lowest BCUT2D eigenvalue weighted by Crippen LogP contribution is -2.26. The molecule has 0 atom stereocenters. The Balaban J connectivity index is 1.81. The molecule has 0 spiro atoms. The Kier molecular flexibility index (Phi) is 6.07. The van der Waals surface area contributed by atoms with E-state index in [2.05, 4.69) is 4.72 Å². The number of nitrogens with zero attached hydrogens (tertiary/aromatic N) is 1. The molecular formula is C20H19ClN2O3S2. The van der Waals surface area contributed by atoms with Gasteiger partial charge in [0.2, 0.25) is 0 Å². The average Bonchev–Trinajstić information content (AvgIpc) is 3.05. The van der Waals surface area contributed by atoms with E-state index in [1.165, 1.54) is 18.2 Å². The van der Waals surface area contributed by atoms with E-state index in [9.17, 15) is 13.2 Å². The zero-order valence-electron chi connectivity index (χ0n) is 15.3. The molecule has 0 aliphatic carbocycles. The van der Waals surface area contributed by atoms with Crippen molar-refractivity contribution in [3.8, 4) is 0 Å². The third kappa shape index (κ3) is 4.73. The molecule has 0 saturated heterocycles. The molecule has 1 heterocycles. The van der Waals surface area contributed by atoms with Crippen molar-refractivity contribution in [3.05, 3.63) is 81.0 Å². The van der Waals surface area contributed by atoms with E-state index >= 15 is 0 Å². The van der Waals surface area contributed by atoms with Crippen molar-refractivity contribution in [2.24, 2.45) is 0 Å². The monoisotopic (exact) mass is 434 g/mol. The van der Waals surface area contributed by atoms with Gasteiger partial charge in [0.1, 0.15) is 0 Å². The lowest BCUT2D eigenvalue weighted by molar-refractivity contribution is 0.0786. The van der Waals surface area contributed by atoms with Gasteiger partial charge >= 0.3 is 0 Å². The Morgan fingerprint density at radius 3 is 2.57 bits per heavy atom. The molecule has 0 unspecified atom stereocenters. The quantitative estimate of drug-likeness (QED) is 0.606. The first-order chi connectivity index (χ1) is 13.3. The summed E-state index contributed by atoms with van der Waals surface area (Å²) in [6.45, 7) is 2.47. The third-order valence-corrected chi connectivity index (χ3v) is 6.79. The molecule has 0 saturated carbocycles. The van der Waals surface area contributed by atoms with Gasteiger partial charge in [0, 0.05) is 22.5 Å². The van der Waals surface area contributed by atoms with Gasteiger partial charge in [-0.2, -0.15) is 0 Å². The van der Waals surface area contributed by atoms with E-state index in [0.717, 1.165) is 10.4 Å². The van der Waals surface area contributed by atoms with Crippen LogP contribution in [0.15, 0.2) is 64.9 Å². The summed E-state index contributed by atoms with van der Waals surface area (Å²) in [6, 6.07) is 14.4. The van der Waals surface area contributed by atoms with Crippen LogP contribution in [-0.2, 0) is 16.6 Å². The summed E-state index contributed by atoms with van der Waals surface area (Å²) in [5.74, 6) is -0.243. The number of carbonyl (C=O) groups is 1. The lowest BCUT2D eigenvalue weighted by Gasteiger charge is -2.17. The normalized spacial score (nSPS) is 11.2. The Hall–Kier alpha value is -2.35. The van der Waals surface area contributed by atoms with Crippen LogP contribution in [-0.4, -0.2) is 26.3 Å². The van der Waals surface area contributed by atoms with Crippen molar-refractivity contribution >= 4 is 44.6 Å². The molecule has 2 aromatic carbocycles. The maximum Gasteiger partial charge on any atom is 0.261 e. The highest BCUT2D eigenvalue weighted by Crippen LogP contribution is 2.22. The minimum atomic E-state index is -3.85. The molecule has 0 aliphatic heterocycles. The van der Waals surface area contributed by atoms with E-state index in [1.54, 1.807) is 53.6 Å². The second-order valence-electron chi connectivity index (χ2n) is 6.33. The van der Waals surface area contributed by atoms with E-state index < -0.39 is 10.0 Å². The zero-order valence-corrected chi connectivity index (χ0v) is 17.7. The Morgan fingerprint density at radius 1 is 1.14 bits per heavy atom. The van der Waals surface area contributed by atoms with Gasteiger partial charge in [0.15, 0.2) is 0 Å². The lowest BCUT2D eigenvalue weighted by atomic mass is 10.2. The van der Waals surface area contributed by atoms with Crippen LogP contribution in [0.25, 0.3) is 0 Å². The average molecular weight is 435 g/mol. The first-order valence-corrected chi connectivity index (χ1v) is 11.2. The number of amides is 1. The molecular weight excluding hydrogens is 416 g/mol. The largest absolute Gasteiger partial charge is 0.337 e. The van der Waals surface area contributed by atoms with Gasteiger partial charge in [-0.3, -0.25) is 9.52 Å². The highest BCUT2D eigenvalue weighted by atomic mass is 35.5. The van der Waals surface area contributed by atoms with Crippen molar-refractivity contribution < 1.29 is 13.2 Å². The number of nitrogens with one attached hydrogen (secondary N) is 1. The van der Waals surface area contributed by atoms with Crippen LogP contribution in [0, 0.1) is 6.92 Å². The minimum Gasteiger partial charge on any atom is -0.337 e. The molecule has 1 N–H and O–H groups in total. The molecule has 3 aromatic rings. The van der Waals surface area contributed by atoms with Crippen LogP contribution in [0.1, 0.15) is 20.8 Å². The topological polar surface area (TPSA) is 66.5 Å². The van der Waals surface area contributed by atoms with Crippen molar-refractivity contribution in [3.63, 3.8) is 0 Å². The maximum absolute atomic E-state index is 12.8. The molecule has 1 amide bonds. The SMILES string of the molecule is Cc1ccsc1CN(C)C(=O)c1cccc(S(=O)(=O)Nc2cccc(Cl)c2)c1. The fourth-order valence-electron chi connectivity index (χ4n) is 2.64. The Morgan fingerprint density at radius 2 is 1.89 bits per heavy atom. The van der Waals surface area contributed by atoms with E-state index in [0.29, 0.717) is 22.8 Å². The third-order valence-electron chi connectivity index (χ3n) is 4.16. The summed E-state index contributed by atoms with van der Waals surface area (Å²) in [5.41, 5.74) is 1.80. The number of benzene rings is 2. The fourth-order valence-corrected chi connectivity index (χ4v) is 4.88. The number of anilines is 1. The summed E-state index contributed by atoms with van der Waals surface area (Å²) >= 11 is 7.50. The molecule has 146 valence electrons. The highest BCUT2D eigenvalue weighted by molar-refractivity contribution is 7.92. The van der Waals surface area contributed by atoms with Gasteiger partial charge in [-0.1, -0.05) is 23.7 Å². The first kappa shape index (κ1) is 20.4. The van der Waals surface area contributed by atoms with Gasteiger partial charge in [0.05, 0.1) is 17.1 Å². The molecule has 0 aliphatic rings. The molecule has 5 nitrogen and oxygen atoms in total. The van der Waals surface area contributed by atoms with Gasteiger partial charge in [0.25, 0.3) is 15.9 Å². The molecule has 1 aromatic heterocycles. The number of aryl methyl sites for hydroxylation is 1. The van der Waals surface area contributed by atoms with Crippen molar-refractivity contribution in [1.29, 1.82) is 0 Å². The summed E-state index contributed by atoms with van der Waals surface area (Å²) in [5, 5.41) is 2.41.